The average molecular weight is 1130 g/mol. The number of fused-ring (bicyclic) bond motifs is 14. The van der Waals surface area contributed by atoms with Crippen molar-refractivity contribution >= 4 is 57.2 Å². The molecule has 5 nitrogen and oxygen atoms in total. The lowest BCUT2D eigenvalue weighted by molar-refractivity contribution is 0.486. The second-order valence-corrected chi connectivity index (χ2v) is 23.4. The fourth-order valence-corrected chi connectivity index (χ4v) is 13.6. The Labute approximate surface area is 514 Å². The topological polar surface area (TPSA) is 34.2 Å². The zero-order chi connectivity index (χ0) is 59.0. The van der Waals surface area contributed by atoms with Crippen molar-refractivity contribution in [1.82, 2.24) is 0 Å². The van der Waals surface area contributed by atoms with Crippen LogP contribution >= 0.6 is 0 Å². The number of hydrogen-bond acceptors (Lipinski definition) is 5. The molecule has 0 spiro atoms. The summed E-state index contributed by atoms with van der Waals surface area (Å²) in [4.78, 5) is 4.87. The Morgan fingerprint density at radius 2 is 0.534 bits per heavy atom. The van der Waals surface area contributed by atoms with Crippen LogP contribution in [0.15, 0.2) is 285 Å². The van der Waals surface area contributed by atoms with E-state index in [2.05, 4.69) is 323 Å². The molecule has 0 bridgehead atoms. The van der Waals surface area contributed by atoms with Crippen molar-refractivity contribution in [2.75, 3.05) is 9.80 Å². The van der Waals surface area contributed by atoms with Gasteiger partial charge in [0.15, 0.2) is 0 Å². The molecule has 3 aliphatic heterocycles. The Morgan fingerprint density at radius 3 is 0.875 bits per heavy atom. The van der Waals surface area contributed by atoms with E-state index >= 15 is 0 Å². The summed E-state index contributed by atoms with van der Waals surface area (Å²) in [6.07, 6.45) is 0. The van der Waals surface area contributed by atoms with Crippen LogP contribution in [-0.2, 0) is 0 Å². The van der Waals surface area contributed by atoms with Crippen LogP contribution in [0.5, 0.6) is 34.5 Å². The van der Waals surface area contributed by atoms with Crippen LogP contribution in [0.25, 0.3) is 66.8 Å². The first-order valence-corrected chi connectivity index (χ1v) is 30.2. The highest BCUT2D eigenvalue weighted by atomic mass is 16.5. The molecule has 6 heteroatoms. The molecule has 0 saturated carbocycles. The van der Waals surface area contributed by atoms with Gasteiger partial charge in [-0.1, -0.05) is 216 Å². The van der Waals surface area contributed by atoms with Crippen LogP contribution in [0.4, 0.5) is 34.1 Å². The molecular weight excluding hydrogens is 1070 g/mol. The van der Waals surface area contributed by atoms with E-state index in [9.17, 15) is 0 Å². The Kier molecular flexibility index (Phi) is 12.8. The minimum Gasteiger partial charge on any atom is -0.458 e. The summed E-state index contributed by atoms with van der Waals surface area (Å²) in [5.74, 6) is 4.69. The standard InChI is InChI=1S/C82H59BN2O3/c1-52-34-42-72-66(46-52)62-24-11-15-30-76(62)86-77-31-16-12-25-63(77)67-47-53(2)35-43-73(67)84(72)58-38-40-70-80(50-58)88-81-51-59(39-41-71(81)83(70)82-60(56-20-7-5-8-21-56)28-19-29-61(82)57-22-9-6-10-23-57)85-74-44-36-54(3)48-68(74)64-26-13-17-32-78(64)87-79-33-18-14-27-65(79)69-49-55(4)37-45-75(69)85/h5-51H,1-4H3. The summed E-state index contributed by atoms with van der Waals surface area (Å²) in [5.41, 5.74) is 26.7. The second kappa shape index (κ2) is 21.5. The lowest BCUT2D eigenvalue weighted by Gasteiger charge is -2.35. The Bertz CT molecular complexity index is 4430. The molecule has 88 heavy (non-hydrogen) atoms. The molecule has 0 saturated heterocycles. The maximum Gasteiger partial charge on any atom is 0.252 e. The minimum absolute atomic E-state index is 0.284. The van der Waals surface area contributed by atoms with E-state index in [1.54, 1.807) is 0 Å². The molecule has 0 aliphatic carbocycles. The maximum atomic E-state index is 7.74. The third kappa shape index (κ3) is 9.03. The van der Waals surface area contributed by atoms with Gasteiger partial charge < -0.3 is 24.0 Å². The summed E-state index contributed by atoms with van der Waals surface area (Å²) in [6.45, 7) is 8.37. The fourth-order valence-electron chi connectivity index (χ4n) is 13.6. The predicted molar refractivity (Wildman–Crippen MR) is 365 cm³/mol. The van der Waals surface area contributed by atoms with Crippen molar-refractivity contribution in [2.24, 2.45) is 0 Å². The number of para-hydroxylation sites is 4. The SMILES string of the molecule is Cc1ccc2c(c1)-c1ccccc1Oc1ccccc1-c1cc(C)ccc1N2c1ccc2c(c1)Oc1cc(N3c4ccc(C)cc4-c4ccccc4Oc4ccccc4-c4cc(C)ccc43)ccc1B2c1c(-c2ccccc2)cccc1-c1ccccc1. The molecule has 13 aromatic carbocycles. The lowest BCUT2D eigenvalue weighted by atomic mass is 9.34. The number of aryl methyl sites for hydroxylation is 4. The smallest absolute Gasteiger partial charge is 0.252 e. The quantitative estimate of drug-likeness (QED) is 0.160. The summed E-state index contributed by atoms with van der Waals surface area (Å²) in [7, 11) is 0. The molecule has 0 radical (unpaired) electrons. The minimum atomic E-state index is -0.284. The molecule has 0 atom stereocenters. The molecular formula is C82H59BN2O3. The van der Waals surface area contributed by atoms with Crippen molar-refractivity contribution in [2.45, 2.75) is 27.7 Å². The van der Waals surface area contributed by atoms with Gasteiger partial charge in [-0.3, -0.25) is 0 Å². The molecule has 0 unspecified atom stereocenters. The third-order valence-corrected chi connectivity index (χ3v) is 17.6. The summed E-state index contributed by atoms with van der Waals surface area (Å²) < 4.78 is 21.8. The van der Waals surface area contributed by atoms with Crippen LogP contribution < -0.4 is 40.4 Å². The van der Waals surface area contributed by atoms with Gasteiger partial charge in [0.2, 0.25) is 0 Å². The molecule has 3 heterocycles. The van der Waals surface area contributed by atoms with E-state index in [0.29, 0.717) is 0 Å². The van der Waals surface area contributed by atoms with E-state index in [-0.39, 0.29) is 6.71 Å². The highest BCUT2D eigenvalue weighted by molar-refractivity contribution is 6.98. The number of hydrogen-bond donors (Lipinski definition) is 0. The van der Waals surface area contributed by atoms with E-state index in [1.807, 2.05) is 0 Å². The van der Waals surface area contributed by atoms with Gasteiger partial charge in [-0.25, -0.2) is 0 Å². The molecule has 0 amide bonds. The molecule has 3 aliphatic rings. The maximum absolute atomic E-state index is 7.74. The van der Waals surface area contributed by atoms with Crippen LogP contribution in [0.2, 0.25) is 0 Å². The Morgan fingerprint density at radius 1 is 0.239 bits per heavy atom. The number of benzene rings is 13. The number of anilines is 6. The van der Waals surface area contributed by atoms with E-state index in [4.69, 9.17) is 14.2 Å². The van der Waals surface area contributed by atoms with E-state index < -0.39 is 0 Å². The van der Waals surface area contributed by atoms with Gasteiger partial charge in [0, 0.05) is 68.0 Å². The van der Waals surface area contributed by atoms with Crippen molar-refractivity contribution in [3.8, 4) is 101 Å². The van der Waals surface area contributed by atoms with Crippen molar-refractivity contribution in [3.05, 3.63) is 307 Å². The van der Waals surface area contributed by atoms with E-state index in [1.165, 1.54) is 5.46 Å². The first kappa shape index (κ1) is 52.5. The van der Waals surface area contributed by atoms with Crippen LogP contribution in [-0.4, -0.2) is 6.71 Å². The first-order valence-electron chi connectivity index (χ1n) is 30.2. The van der Waals surface area contributed by atoms with Gasteiger partial charge in [-0.05, 0) is 146 Å². The predicted octanol–water partition coefficient (Wildman–Crippen LogP) is 20.7. The number of rotatable bonds is 5. The zero-order valence-electron chi connectivity index (χ0n) is 49.3. The van der Waals surface area contributed by atoms with Crippen molar-refractivity contribution < 1.29 is 14.2 Å². The van der Waals surface area contributed by atoms with E-state index in [0.717, 1.165) is 169 Å². The largest absolute Gasteiger partial charge is 0.458 e. The van der Waals surface area contributed by atoms with Gasteiger partial charge in [0.1, 0.15) is 34.5 Å². The van der Waals surface area contributed by atoms with Crippen LogP contribution in [0, 0.1) is 27.7 Å². The summed E-state index contributed by atoms with van der Waals surface area (Å²) in [5, 5.41) is 0. The monoisotopic (exact) mass is 1130 g/mol. The number of ether oxygens (including phenoxy) is 3. The number of nitrogens with zero attached hydrogens (tertiary/aromatic N) is 2. The normalized spacial score (nSPS) is 12.5. The molecule has 418 valence electrons. The van der Waals surface area contributed by atoms with Gasteiger partial charge in [-0.15, -0.1) is 0 Å². The fraction of sp³-hybridized carbons (Fsp3) is 0.0488. The first-order chi connectivity index (χ1) is 43.3. The average Bonchev–Trinajstić information content (AvgIpc) is 2.14. The second-order valence-electron chi connectivity index (χ2n) is 23.4. The molecule has 13 aromatic rings. The summed E-state index contributed by atoms with van der Waals surface area (Å²) >= 11 is 0. The van der Waals surface area contributed by atoms with Gasteiger partial charge in [0.25, 0.3) is 6.71 Å². The van der Waals surface area contributed by atoms with Crippen molar-refractivity contribution in [3.63, 3.8) is 0 Å². The Balaban J connectivity index is 0.975. The molecule has 0 aromatic heterocycles. The third-order valence-electron chi connectivity index (χ3n) is 17.6. The summed E-state index contributed by atoms with van der Waals surface area (Å²) in [6, 6.07) is 103. The van der Waals surface area contributed by atoms with Gasteiger partial charge >= 0.3 is 0 Å². The van der Waals surface area contributed by atoms with Crippen molar-refractivity contribution in [1.29, 1.82) is 0 Å². The van der Waals surface area contributed by atoms with Crippen LogP contribution in [0.1, 0.15) is 22.3 Å². The Hall–Kier alpha value is -11.1. The van der Waals surface area contributed by atoms with Crippen LogP contribution in [0.3, 0.4) is 0 Å². The zero-order valence-corrected chi connectivity index (χ0v) is 49.3. The lowest BCUT2D eigenvalue weighted by Crippen LogP contribution is -2.56. The molecule has 0 N–H and O–H groups in total. The van der Waals surface area contributed by atoms with Gasteiger partial charge in [0.05, 0.1) is 22.7 Å². The van der Waals surface area contributed by atoms with Gasteiger partial charge in [-0.2, -0.15) is 0 Å². The highest BCUT2D eigenvalue weighted by Gasteiger charge is 2.38. The molecule has 16 rings (SSSR count). The highest BCUT2D eigenvalue weighted by Crippen LogP contribution is 2.54. The molecule has 0 fully saturated rings.